The summed E-state index contributed by atoms with van der Waals surface area (Å²) < 4.78 is 39.9. The highest BCUT2D eigenvalue weighted by atomic mass is 19.1. The van der Waals surface area contributed by atoms with Gasteiger partial charge in [-0.2, -0.15) is 0 Å². The molecular formula is C25H19F2NO4. The topological polar surface area (TPSA) is 68.5 Å². The molecule has 3 aromatic carbocycles. The van der Waals surface area contributed by atoms with Gasteiger partial charge in [0.05, 0.1) is 23.6 Å². The third kappa shape index (κ3) is 3.51. The Balaban J connectivity index is 1.99. The van der Waals surface area contributed by atoms with Crippen molar-refractivity contribution >= 4 is 22.8 Å². The molecule has 1 N–H and O–H groups in total. The van der Waals surface area contributed by atoms with Crippen LogP contribution in [-0.2, 0) is 4.74 Å². The summed E-state index contributed by atoms with van der Waals surface area (Å²) in [6.07, 6.45) is 0. The van der Waals surface area contributed by atoms with Gasteiger partial charge >= 0.3 is 5.97 Å². The van der Waals surface area contributed by atoms with E-state index >= 15 is 4.39 Å². The third-order valence-corrected chi connectivity index (χ3v) is 5.30. The highest BCUT2D eigenvalue weighted by Crippen LogP contribution is 2.39. The average Bonchev–Trinajstić information content (AvgIpc) is 3.20. The first kappa shape index (κ1) is 21.2. The van der Waals surface area contributed by atoms with Crippen LogP contribution in [-0.4, -0.2) is 26.0 Å². The second kappa shape index (κ2) is 8.26. The summed E-state index contributed by atoms with van der Waals surface area (Å²) in [6, 6.07) is 13.3. The number of amides is 1. The Labute approximate surface area is 182 Å². The Kier molecular flexibility index (Phi) is 5.48. The van der Waals surface area contributed by atoms with Gasteiger partial charge in [-0.15, -0.1) is 0 Å². The smallest absolute Gasteiger partial charge is 0.337 e. The van der Waals surface area contributed by atoms with Crippen LogP contribution in [0.3, 0.4) is 0 Å². The maximum absolute atomic E-state index is 15.9. The molecule has 0 fully saturated rings. The van der Waals surface area contributed by atoms with Crippen LogP contribution in [0.5, 0.6) is 0 Å². The van der Waals surface area contributed by atoms with Crippen LogP contribution in [0.1, 0.15) is 26.3 Å². The zero-order valence-electron chi connectivity index (χ0n) is 17.6. The Morgan fingerprint density at radius 1 is 0.969 bits per heavy atom. The minimum atomic E-state index is -0.664. The minimum absolute atomic E-state index is 0.00375. The number of carbonyl (C=O) groups is 2. The van der Waals surface area contributed by atoms with Crippen molar-refractivity contribution in [1.82, 2.24) is 5.32 Å². The van der Waals surface area contributed by atoms with E-state index in [0.29, 0.717) is 11.1 Å². The second-order valence-corrected chi connectivity index (χ2v) is 7.21. The summed E-state index contributed by atoms with van der Waals surface area (Å²) in [7, 11) is 2.70. The molecule has 0 saturated heterocycles. The van der Waals surface area contributed by atoms with Crippen molar-refractivity contribution in [3.63, 3.8) is 0 Å². The number of aryl methyl sites for hydroxylation is 1. The molecule has 162 valence electrons. The lowest BCUT2D eigenvalue weighted by molar-refractivity contribution is 0.0600. The van der Waals surface area contributed by atoms with Gasteiger partial charge in [0.25, 0.3) is 5.91 Å². The van der Waals surface area contributed by atoms with Gasteiger partial charge < -0.3 is 14.5 Å². The van der Waals surface area contributed by atoms with Gasteiger partial charge in [0, 0.05) is 18.2 Å². The van der Waals surface area contributed by atoms with Crippen molar-refractivity contribution in [2.45, 2.75) is 6.92 Å². The van der Waals surface area contributed by atoms with Crippen molar-refractivity contribution in [1.29, 1.82) is 0 Å². The van der Waals surface area contributed by atoms with Crippen molar-refractivity contribution in [3.8, 4) is 22.5 Å². The quantitative estimate of drug-likeness (QED) is 0.430. The summed E-state index contributed by atoms with van der Waals surface area (Å²) in [6.45, 7) is 1.79. The number of fused-ring (bicyclic) bond motifs is 1. The van der Waals surface area contributed by atoms with Gasteiger partial charge in [-0.05, 0) is 66.6 Å². The fraction of sp³-hybridized carbons (Fsp3) is 0.120. The Hall–Kier alpha value is -4.00. The molecule has 0 radical (unpaired) electrons. The van der Waals surface area contributed by atoms with Crippen LogP contribution in [0.4, 0.5) is 8.78 Å². The fourth-order valence-electron chi connectivity index (χ4n) is 3.66. The summed E-state index contributed by atoms with van der Waals surface area (Å²) in [5, 5.41) is 2.51. The molecule has 4 rings (SSSR count). The van der Waals surface area contributed by atoms with Gasteiger partial charge in [0.2, 0.25) is 0 Å². The normalized spacial score (nSPS) is 10.9. The maximum atomic E-state index is 15.9. The van der Waals surface area contributed by atoms with Gasteiger partial charge in [-0.25, -0.2) is 13.6 Å². The zero-order valence-corrected chi connectivity index (χ0v) is 17.6. The van der Waals surface area contributed by atoms with Gasteiger partial charge in [-0.3, -0.25) is 4.79 Å². The number of carbonyl (C=O) groups excluding carboxylic acids is 2. The van der Waals surface area contributed by atoms with E-state index in [1.54, 1.807) is 31.2 Å². The van der Waals surface area contributed by atoms with Crippen LogP contribution in [0.2, 0.25) is 0 Å². The summed E-state index contributed by atoms with van der Waals surface area (Å²) in [4.78, 5) is 24.7. The van der Waals surface area contributed by atoms with E-state index in [0.717, 1.165) is 5.56 Å². The predicted octanol–water partition coefficient (Wildman–Crippen LogP) is 5.50. The van der Waals surface area contributed by atoms with Gasteiger partial charge in [-0.1, -0.05) is 6.07 Å². The van der Waals surface area contributed by atoms with Crippen LogP contribution < -0.4 is 5.32 Å². The van der Waals surface area contributed by atoms with E-state index < -0.39 is 23.5 Å². The van der Waals surface area contributed by atoms with E-state index in [4.69, 9.17) is 9.15 Å². The molecule has 0 aliphatic heterocycles. The summed E-state index contributed by atoms with van der Waals surface area (Å²) in [5.41, 5.74) is 2.32. The zero-order chi connectivity index (χ0) is 23.0. The van der Waals surface area contributed by atoms with E-state index in [2.05, 4.69) is 5.32 Å². The second-order valence-electron chi connectivity index (χ2n) is 7.21. The lowest BCUT2D eigenvalue weighted by Crippen LogP contribution is -2.18. The molecule has 0 atom stereocenters. The van der Waals surface area contributed by atoms with Crippen LogP contribution >= 0.6 is 0 Å². The van der Waals surface area contributed by atoms with E-state index in [1.165, 1.54) is 44.5 Å². The first-order valence-corrected chi connectivity index (χ1v) is 9.78. The standard InChI is InChI=1S/C25H19F2NO4/c1-13-4-5-15(25(30)31-3)12-18(13)17-10-11-19-20(22(17)27)21(24(29)28-2)23(32-19)14-6-8-16(26)9-7-14/h4-12H,1-3H3,(H,28,29). The maximum Gasteiger partial charge on any atom is 0.337 e. The SMILES string of the molecule is CNC(=O)c1c(-c2ccc(F)cc2)oc2ccc(-c3cc(C(=O)OC)ccc3C)c(F)c12. The molecule has 1 heterocycles. The molecular weight excluding hydrogens is 416 g/mol. The number of hydrogen-bond donors (Lipinski definition) is 1. The number of halogens is 2. The predicted molar refractivity (Wildman–Crippen MR) is 116 cm³/mol. The lowest BCUT2D eigenvalue weighted by atomic mass is 9.95. The monoisotopic (exact) mass is 435 g/mol. The molecule has 0 aliphatic rings. The van der Waals surface area contributed by atoms with E-state index in [9.17, 15) is 14.0 Å². The first-order chi connectivity index (χ1) is 15.3. The third-order valence-electron chi connectivity index (χ3n) is 5.30. The van der Waals surface area contributed by atoms with Crippen molar-refractivity contribution in [2.75, 3.05) is 14.2 Å². The number of benzene rings is 3. The number of esters is 1. The lowest BCUT2D eigenvalue weighted by Gasteiger charge is -2.10. The van der Waals surface area contributed by atoms with Crippen molar-refractivity contribution < 1.29 is 27.5 Å². The number of hydrogen-bond acceptors (Lipinski definition) is 4. The largest absolute Gasteiger partial charge is 0.465 e. The molecule has 0 bridgehead atoms. The summed E-state index contributed by atoms with van der Waals surface area (Å²) >= 11 is 0. The van der Waals surface area contributed by atoms with E-state index in [1.807, 2.05) is 0 Å². The molecule has 1 amide bonds. The molecule has 4 aromatic rings. The van der Waals surface area contributed by atoms with E-state index in [-0.39, 0.29) is 33.4 Å². The van der Waals surface area contributed by atoms with Gasteiger partial charge in [0.1, 0.15) is 23.0 Å². The number of nitrogens with one attached hydrogen (secondary N) is 1. The highest BCUT2D eigenvalue weighted by Gasteiger charge is 2.26. The van der Waals surface area contributed by atoms with Crippen molar-refractivity contribution in [3.05, 3.63) is 82.9 Å². The molecule has 7 heteroatoms. The molecule has 0 aliphatic carbocycles. The molecule has 1 aromatic heterocycles. The molecule has 5 nitrogen and oxygen atoms in total. The number of methoxy groups -OCH3 is 1. The average molecular weight is 435 g/mol. The number of furan rings is 1. The Bertz CT molecular complexity index is 1360. The minimum Gasteiger partial charge on any atom is -0.465 e. The van der Waals surface area contributed by atoms with Crippen LogP contribution in [0.25, 0.3) is 33.4 Å². The Morgan fingerprint density at radius 2 is 1.69 bits per heavy atom. The molecule has 0 unspecified atom stereocenters. The fourth-order valence-corrected chi connectivity index (χ4v) is 3.66. The highest BCUT2D eigenvalue weighted by molar-refractivity contribution is 6.12. The Morgan fingerprint density at radius 3 is 2.34 bits per heavy atom. The van der Waals surface area contributed by atoms with Crippen LogP contribution in [0.15, 0.2) is 59.0 Å². The van der Waals surface area contributed by atoms with Gasteiger partial charge in [0.15, 0.2) is 0 Å². The first-order valence-electron chi connectivity index (χ1n) is 9.78. The number of rotatable bonds is 4. The summed E-state index contributed by atoms with van der Waals surface area (Å²) in [5.74, 6) is -2.06. The molecule has 32 heavy (non-hydrogen) atoms. The number of ether oxygens (including phenoxy) is 1. The molecule has 0 spiro atoms. The van der Waals surface area contributed by atoms with Crippen molar-refractivity contribution in [2.24, 2.45) is 0 Å². The van der Waals surface area contributed by atoms with Crippen LogP contribution in [0, 0.1) is 18.6 Å². The molecule has 0 saturated carbocycles.